The smallest absolute Gasteiger partial charge is 0.224 e. The summed E-state index contributed by atoms with van der Waals surface area (Å²) in [6.07, 6.45) is 3.03. The molecule has 0 aliphatic carbocycles. The first-order valence-electron chi connectivity index (χ1n) is 4.25. The van der Waals surface area contributed by atoms with E-state index in [9.17, 15) is 4.79 Å². The van der Waals surface area contributed by atoms with Gasteiger partial charge < -0.3 is 0 Å². The Bertz CT molecular complexity index is 492. The minimum atomic E-state index is -0.178. The van der Waals surface area contributed by atoms with E-state index in [1.165, 1.54) is 17.5 Å². The monoisotopic (exact) mass is 238 g/mol. The van der Waals surface area contributed by atoms with Gasteiger partial charge in [-0.1, -0.05) is 11.6 Å². The van der Waals surface area contributed by atoms with E-state index in [0.717, 1.165) is 5.69 Å². The van der Waals surface area contributed by atoms with E-state index in [-0.39, 0.29) is 5.78 Å². The number of aromatic nitrogens is 2. The molecule has 0 unspecified atom stereocenters. The maximum absolute atomic E-state index is 11.9. The molecule has 0 saturated carbocycles. The van der Waals surface area contributed by atoms with Gasteiger partial charge in [0.25, 0.3) is 0 Å². The summed E-state index contributed by atoms with van der Waals surface area (Å²) in [6, 6.07) is 1.70. The van der Waals surface area contributed by atoms with Gasteiger partial charge in [-0.3, -0.25) is 9.78 Å². The topological polar surface area (TPSA) is 42.9 Å². The van der Waals surface area contributed by atoms with Crippen molar-refractivity contribution < 1.29 is 4.79 Å². The van der Waals surface area contributed by atoms with E-state index in [1.54, 1.807) is 17.6 Å². The van der Waals surface area contributed by atoms with Gasteiger partial charge in [-0.15, -0.1) is 11.3 Å². The minimum absolute atomic E-state index is 0.178. The Morgan fingerprint density at radius 2 is 2.20 bits per heavy atom. The fourth-order valence-electron chi connectivity index (χ4n) is 1.08. The first kappa shape index (κ1) is 10.3. The normalized spacial score (nSPS) is 10.3. The van der Waals surface area contributed by atoms with Crippen LogP contribution in [0.25, 0.3) is 0 Å². The van der Waals surface area contributed by atoms with E-state index in [4.69, 9.17) is 11.6 Å². The second-order valence-electron chi connectivity index (χ2n) is 2.97. The molecule has 2 aromatic rings. The third-order valence-corrected chi connectivity index (χ3v) is 3.18. The van der Waals surface area contributed by atoms with Gasteiger partial charge in [0.2, 0.25) is 5.78 Å². The molecule has 0 bridgehead atoms. The molecule has 0 spiro atoms. The number of rotatable bonds is 2. The van der Waals surface area contributed by atoms with Crippen LogP contribution in [-0.4, -0.2) is 15.8 Å². The second-order valence-corrected chi connectivity index (χ2v) is 4.29. The van der Waals surface area contributed by atoms with Crippen LogP contribution in [0.5, 0.6) is 0 Å². The molecular formula is C10H7ClN2OS. The molecule has 0 atom stereocenters. The van der Waals surface area contributed by atoms with Crippen molar-refractivity contribution in [3.63, 3.8) is 0 Å². The fraction of sp³-hybridized carbons (Fsp3) is 0.100. The van der Waals surface area contributed by atoms with E-state index >= 15 is 0 Å². The van der Waals surface area contributed by atoms with Crippen molar-refractivity contribution in [1.29, 1.82) is 0 Å². The highest BCUT2D eigenvalue weighted by Gasteiger charge is 2.15. The van der Waals surface area contributed by atoms with Crippen molar-refractivity contribution in [1.82, 2.24) is 9.97 Å². The zero-order valence-corrected chi connectivity index (χ0v) is 9.47. The van der Waals surface area contributed by atoms with Crippen LogP contribution in [0.4, 0.5) is 0 Å². The van der Waals surface area contributed by atoms with Crippen LogP contribution in [0.2, 0.25) is 5.02 Å². The molecule has 0 amide bonds. The van der Waals surface area contributed by atoms with Crippen molar-refractivity contribution >= 4 is 28.7 Å². The minimum Gasteiger partial charge on any atom is -0.286 e. The van der Waals surface area contributed by atoms with Gasteiger partial charge in [0.15, 0.2) is 0 Å². The zero-order chi connectivity index (χ0) is 10.8. The Morgan fingerprint density at radius 3 is 2.73 bits per heavy atom. The molecule has 76 valence electrons. The number of aryl methyl sites for hydroxylation is 1. The third kappa shape index (κ3) is 2.06. The van der Waals surface area contributed by atoms with Gasteiger partial charge in [-0.25, -0.2) is 4.98 Å². The van der Waals surface area contributed by atoms with Gasteiger partial charge in [0.1, 0.15) is 5.69 Å². The molecule has 0 radical (unpaired) electrons. The zero-order valence-electron chi connectivity index (χ0n) is 7.90. The number of ketones is 1. The van der Waals surface area contributed by atoms with Gasteiger partial charge in [0.05, 0.1) is 21.8 Å². The Kier molecular flexibility index (Phi) is 2.79. The molecule has 0 N–H and O–H groups in total. The van der Waals surface area contributed by atoms with E-state index in [1.807, 2.05) is 6.92 Å². The van der Waals surface area contributed by atoms with Crippen molar-refractivity contribution in [3.05, 3.63) is 45.1 Å². The summed E-state index contributed by atoms with van der Waals surface area (Å²) < 4.78 is 0. The third-order valence-electron chi connectivity index (χ3n) is 1.84. The predicted molar refractivity (Wildman–Crippen MR) is 59.5 cm³/mol. The number of thiophene rings is 1. The van der Waals surface area contributed by atoms with Gasteiger partial charge >= 0.3 is 0 Å². The molecular weight excluding hydrogens is 232 g/mol. The summed E-state index contributed by atoms with van der Waals surface area (Å²) in [6.45, 7) is 1.82. The standard InChI is InChI=1S/C10H7ClN2OS/c1-6-4-13-8(5-12-6)9(14)10-7(11)2-3-15-10/h2-5H,1H3. The lowest BCUT2D eigenvalue weighted by Crippen LogP contribution is -2.03. The first-order chi connectivity index (χ1) is 7.18. The molecule has 0 aliphatic heterocycles. The lowest BCUT2D eigenvalue weighted by Gasteiger charge is -1.97. The van der Waals surface area contributed by atoms with Gasteiger partial charge in [0, 0.05) is 6.20 Å². The highest BCUT2D eigenvalue weighted by Crippen LogP contribution is 2.24. The maximum atomic E-state index is 11.9. The maximum Gasteiger partial charge on any atom is 0.224 e. The summed E-state index contributed by atoms with van der Waals surface area (Å²) in [5.41, 5.74) is 1.11. The van der Waals surface area contributed by atoms with E-state index in [2.05, 4.69) is 9.97 Å². The van der Waals surface area contributed by atoms with Crippen molar-refractivity contribution in [2.75, 3.05) is 0 Å². The second kappa shape index (κ2) is 4.08. The molecule has 0 fully saturated rings. The molecule has 5 heteroatoms. The number of carbonyl (C=O) groups excluding carboxylic acids is 1. The molecule has 2 heterocycles. The first-order valence-corrected chi connectivity index (χ1v) is 5.50. The summed E-state index contributed by atoms with van der Waals surface area (Å²) >= 11 is 7.16. The lowest BCUT2D eigenvalue weighted by molar-refractivity contribution is 0.103. The van der Waals surface area contributed by atoms with Crippen LogP contribution in [-0.2, 0) is 0 Å². The summed E-state index contributed by atoms with van der Waals surface area (Å²) in [5, 5.41) is 2.24. The Morgan fingerprint density at radius 1 is 1.40 bits per heavy atom. The summed E-state index contributed by atoms with van der Waals surface area (Å²) in [4.78, 5) is 20.4. The molecule has 0 saturated heterocycles. The van der Waals surface area contributed by atoms with Gasteiger partial charge in [-0.2, -0.15) is 0 Å². The number of halogens is 1. The summed E-state index contributed by atoms with van der Waals surface area (Å²) in [7, 11) is 0. The predicted octanol–water partition coefficient (Wildman–Crippen LogP) is 2.73. The van der Waals surface area contributed by atoms with Crippen molar-refractivity contribution in [2.24, 2.45) is 0 Å². The van der Waals surface area contributed by atoms with Crippen LogP contribution in [0.1, 0.15) is 21.1 Å². The van der Waals surface area contributed by atoms with Crippen LogP contribution >= 0.6 is 22.9 Å². The average molecular weight is 239 g/mol. The van der Waals surface area contributed by atoms with Crippen molar-refractivity contribution in [3.8, 4) is 0 Å². The fourth-order valence-corrected chi connectivity index (χ4v) is 2.17. The van der Waals surface area contributed by atoms with E-state index < -0.39 is 0 Å². The number of hydrogen-bond donors (Lipinski definition) is 0. The quantitative estimate of drug-likeness (QED) is 0.756. The van der Waals surface area contributed by atoms with Crippen molar-refractivity contribution in [2.45, 2.75) is 6.92 Å². The average Bonchev–Trinajstić information content (AvgIpc) is 2.65. The van der Waals surface area contributed by atoms with Crippen LogP contribution in [0.15, 0.2) is 23.8 Å². The number of hydrogen-bond acceptors (Lipinski definition) is 4. The largest absolute Gasteiger partial charge is 0.286 e. The number of nitrogens with zero attached hydrogens (tertiary/aromatic N) is 2. The molecule has 2 rings (SSSR count). The highest BCUT2D eigenvalue weighted by atomic mass is 35.5. The number of carbonyl (C=O) groups is 1. The molecule has 15 heavy (non-hydrogen) atoms. The Hall–Kier alpha value is -1.26. The molecule has 3 nitrogen and oxygen atoms in total. The van der Waals surface area contributed by atoms with E-state index in [0.29, 0.717) is 15.6 Å². The Balaban J connectivity index is 2.37. The SMILES string of the molecule is Cc1cnc(C(=O)c2sccc2Cl)cn1. The highest BCUT2D eigenvalue weighted by molar-refractivity contribution is 7.13. The van der Waals surface area contributed by atoms with Gasteiger partial charge in [-0.05, 0) is 18.4 Å². The summed E-state index contributed by atoms with van der Waals surface area (Å²) in [5.74, 6) is -0.178. The van der Waals surface area contributed by atoms with Crippen LogP contribution in [0, 0.1) is 6.92 Å². The molecule has 2 aromatic heterocycles. The molecule has 0 aromatic carbocycles. The lowest BCUT2D eigenvalue weighted by atomic mass is 10.2. The molecule has 0 aliphatic rings. The van der Waals surface area contributed by atoms with Crippen LogP contribution < -0.4 is 0 Å². The Labute approximate surface area is 95.8 Å². The van der Waals surface area contributed by atoms with Crippen LogP contribution in [0.3, 0.4) is 0 Å².